The second kappa shape index (κ2) is 6.96. The van der Waals surface area contributed by atoms with Crippen LogP contribution in [0.25, 0.3) is 0 Å². The van der Waals surface area contributed by atoms with E-state index in [2.05, 4.69) is 5.32 Å². The molecule has 1 aromatic carbocycles. The Morgan fingerprint density at radius 2 is 2.28 bits per heavy atom. The molecule has 0 aliphatic rings. The smallest absolute Gasteiger partial charge is 0.260 e. The monoisotopic (exact) mass is 254 g/mol. The van der Waals surface area contributed by atoms with Crippen molar-refractivity contribution in [3.8, 4) is 5.75 Å². The third-order valence-electron chi connectivity index (χ3n) is 2.45. The summed E-state index contributed by atoms with van der Waals surface area (Å²) in [6, 6.07) is 4.47. The van der Waals surface area contributed by atoms with Gasteiger partial charge in [0, 0.05) is 13.1 Å². The van der Waals surface area contributed by atoms with Crippen LogP contribution in [0.2, 0.25) is 0 Å². The number of nitrogens with one attached hydrogen (secondary N) is 1. The lowest BCUT2D eigenvalue weighted by Gasteiger charge is -2.15. The highest BCUT2D eigenvalue weighted by molar-refractivity contribution is 5.80. The molecule has 0 saturated carbocycles. The van der Waals surface area contributed by atoms with E-state index in [0.29, 0.717) is 12.1 Å². The minimum absolute atomic E-state index is 0.0614. The molecule has 0 fully saturated rings. The van der Waals surface area contributed by atoms with Crippen LogP contribution in [-0.2, 0) is 11.3 Å². The third-order valence-corrected chi connectivity index (χ3v) is 2.45. The molecule has 100 valence electrons. The molecule has 18 heavy (non-hydrogen) atoms. The van der Waals surface area contributed by atoms with Gasteiger partial charge in [-0.25, -0.2) is 4.39 Å². The fourth-order valence-electron chi connectivity index (χ4n) is 1.40. The number of rotatable bonds is 6. The molecule has 1 amide bonds. The van der Waals surface area contributed by atoms with E-state index in [4.69, 9.17) is 10.5 Å². The highest BCUT2D eigenvalue weighted by atomic mass is 19.1. The van der Waals surface area contributed by atoms with E-state index >= 15 is 0 Å². The molecular weight excluding hydrogens is 235 g/mol. The van der Waals surface area contributed by atoms with Crippen LogP contribution in [0.5, 0.6) is 5.75 Å². The lowest BCUT2D eigenvalue weighted by molar-refractivity contribution is -0.127. The van der Waals surface area contributed by atoms with Crippen LogP contribution in [0, 0.1) is 5.82 Å². The SMILES string of the molecule is CCCNC(=O)C(C)Oc1ccc(CN)cc1F. The average molecular weight is 254 g/mol. The minimum atomic E-state index is -0.727. The van der Waals surface area contributed by atoms with Gasteiger partial charge in [0.1, 0.15) is 0 Å². The van der Waals surface area contributed by atoms with Gasteiger partial charge in [0.15, 0.2) is 17.7 Å². The quantitative estimate of drug-likeness (QED) is 0.810. The number of carbonyl (C=O) groups is 1. The Labute approximate surface area is 106 Å². The van der Waals surface area contributed by atoms with Crippen molar-refractivity contribution >= 4 is 5.91 Å². The molecule has 0 radical (unpaired) electrons. The first kappa shape index (κ1) is 14.4. The molecule has 0 heterocycles. The molecule has 1 atom stereocenters. The van der Waals surface area contributed by atoms with Gasteiger partial charge in [0.25, 0.3) is 5.91 Å². The maximum Gasteiger partial charge on any atom is 0.260 e. The van der Waals surface area contributed by atoms with Gasteiger partial charge in [-0.1, -0.05) is 13.0 Å². The Morgan fingerprint density at radius 1 is 1.56 bits per heavy atom. The van der Waals surface area contributed by atoms with Gasteiger partial charge in [0.05, 0.1) is 0 Å². The molecule has 3 N–H and O–H groups in total. The van der Waals surface area contributed by atoms with E-state index < -0.39 is 11.9 Å². The van der Waals surface area contributed by atoms with Gasteiger partial charge in [-0.3, -0.25) is 4.79 Å². The Balaban J connectivity index is 2.64. The van der Waals surface area contributed by atoms with E-state index in [-0.39, 0.29) is 18.2 Å². The van der Waals surface area contributed by atoms with Crippen molar-refractivity contribution in [1.82, 2.24) is 5.32 Å². The molecule has 1 unspecified atom stereocenters. The number of benzene rings is 1. The summed E-state index contributed by atoms with van der Waals surface area (Å²) in [5, 5.41) is 2.69. The zero-order valence-corrected chi connectivity index (χ0v) is 10.7. The summed E-state index contributed by atoms with van der Waals surface area (Å²) in [7, 11) is 0. The molecule has 0 spiro atoms. The molecule has 5 heteroatoms. The Hall–Kier alpha value is -1.62. The maximum atomic E-state index is 13.6. The van der Waals surface area contributed by atoms with Crippen LogP contribution >= 0.6 is 0 Å². The third kappa shape index (κ3) is 4.00. The highest BCUT2D eigenvalue weighted by Gasteiger charge is 2.15. The zero-order valence-electron chi connectivity index (χ0n) is 10.7. The number of hydrogen-bond donors (Lipinski definition) is 2. The van der Waals surface area contributed by atoms with Crippen LogP contribution in [0.4, 0.5) is 4.39 Å². The maximum absolute atomic E-state index is 13.6. The van der Waals surface area contributed by atoms with Gasteiger partial charge in [-0.05, 0) is 31.0 Å². The fourth-order valence-corrected chi connectivity index (χ4v) is 1.40. The van der Waals surface area contributed by atoms with E-state index in [0.717, 1.165) is 6.42 Å². The number of halogens is 1. The van der Waals surface area contributed by atoms with Gasteiger partial charge in [-0.2, -0.15) is 0 Å². The summed E-state index contributed by atoms with van der Waals surface area (Å²) in [4.78, 5) is 11.6. The summed E-state index contributed by atoms with van der Waals surface area (Å²) in [6.45, 7) is 4.39. The summed E-state index contributed by atoms with van der Waals surface area (Å²) in [5.41, 5.74) is 6.08. The van der Waals surface area contributed by atoms with Crippen LogP contribution in [-0.4, -0.2) is 18.6 Å². The Bertz CT molecular complexity index is 410. The number of nitrogens with two attached hydrogens (primary N) is 1. The minimum Gasteiger partial charge on any atom is -0.478 e. The Kier molecular flexibility index (Phi) is 5.58. The first-order valence-electron chi connectivity index (χ1n) is 6.01. The predicted octanol–water partition coefficient (Wildman–Crippen LogP) is 1.58. The second-order valence-corrected chi connectivity index (χ2v) is 4.02. The van der Waals surface area contributed by atoms with Crippen molar-refractivity contribution in [2.45, 2.75) is 32.9 Å². The van der Waals surface area contributed by atoms with Crippen molar-refractivity contribution in [3.63, 3.8) is 0 Å². The first-order valence-corrected chi connectivity index (χ1v) is 6.01. The van der Waals surface area contributed by atoms with E-state index in [9.17, 15) is 9.18 Å². The normalized spacial score (nSPS) is 12.0. The fraction of sp³-hybridized carbons (Fsp3) is 0.462. The number of hydrogen-bond acceptors (Lipinski definition) is 3. The standard InChI is InChI=1S/C13H19FN2O2/c1-3-6-16-13(17)9(2)18-12-5-4-10(8-15)7-11(12)14/h4-5,7,9H,3,6,8,15H2,1-2H3,(H,16,17). The first-order chi connectivity index (χ1) is 8.58. The summed E-state index contributed by atoms with van der Waals surface area (Å²) >= 11 is 0. The van der Waals surface area contributed by atoms with Crippen LogP contribution < -0.4 is 15.8 Å². The molecule has 0 aliphatic heterocycles. The Morgan fingerprint density at radius 3 is 2.83 bits per heavy atom. The topological polar surface area (TPSA) is 64.3 Å². The van der Waals surface area contributed by atoms with Gasteiger partial charge >= 0.3 is 0 Å². The number of carbonyl (C=O) groups excluding carboxylic acids is 1. The van der Waals surface area contributed by atoms with Crippen LogP contribution in [0.3, 0.4) is 0 Å². The van der Waals surface area contributed by atoms with Gasteiger partial charge in [-0.15, -0.1) is 0 Å². The average Bonchev–Trinajstić information content (AvgIpc) is 2.38. The molecule has 0 bridgehead atoms. The molecule has 1 aromatic rings. The number of ether oxygens (including phenoxy) is 1. The summed E-state index contributed by atoms with van der Waals surface area (Å²) < 4.78 is 18.9. The van der Waals surface area contributed by atoms with Crippen molar-refractivity contribution in [3.05, 3.63) is 29.6 Å². The highest BCUT2D eigenvalue weighted by Crippen LogP contribution is 2.19. The number of amides is 1. The summed E-state index contributed by atoms with van der Waals surface area (Å²) in [5.74, 6) is -0.696. The summed E-state index contributed by atoms with van der Waals surface area (Å²) in [6.07, 6.45) is 0.118. The largest absolute Gasteiger partial charge is 0.478 e. The molecular formula is C13H19FN2O2. The van der Waals surface area contributed by atoms with E-state index in [1.807, 2.05) is 6.92 Å². The molecule has 4 nitrogen and oxygen atoms in total. The van der Waals surface area contributed by atoms with Crippen molar-refractivity contribution in [1.29, 1.82) is 0 Å². The van der Waals surface area contributed by atoms with Crippen LogP contribution in [0.1, 0.15) is 25.8 Å². The molecule has 1 rings (SSSR count). The zero-order chi connectivity index (χ0) is 13.5. The molecule has 0 saturated heterocycles. The lowest BCUT2D eigenvalue weighted by Crippen LogP contribution is -2.36. The van der Waals surface area contributed by atoms with Crippen molar-refractivity contribution < 1.29 is 13.9 Å². The molecule has 0 aliphatic carbocycles. The van der Waals surface area contributed by atoms with Gasteiger partial charge < -0.3 is 15.8 Å². The van der Waals surface area contributed by atoms with E-state index in [1.54, 1.807) is 13.0 Å². The van der Waals surface area contributed by atoms with Gasteiger partial charge in [0.2, 0.25) is 0 Å². The van der Waals surface area contributed by atoms with Crippen molar-refractivity contribution in [2.24, 2.45) is 5.73 Å². The van der Waals surface area contributed by atoms with E-state index in [1.165, 1.54) is 12.1 Å². The van der Waals surface area contributed by atoms with Crippen molar-refractivity contribution in [2.75, 3.05) is 6.54 Å². The lowest BCUT2D eigenvalue weighted by atomic mass is 10.2. The molecule has 0 aromatic heterocycles. The van der Waals surface area contributed by atoms with Crippen LogP contribution in [0.15, 0.2) is 18.2 Å². The second-order valence-electron chi connectivity index (χ2n) is 4.02. The predicted molar refractivity (Wildman–Crippen MR) is 67.7 cm³/mol.